The van der Waals surface area contributed by atoms with E-state index in [9.17, 15) is 4.79 Å². The highest BCUT2D eigenvalue weighted by Crippen LogP contribution is 2.26. The first-order valence-corrected chi connectivity index (χ1v) is 12.6. The average molecular weight is 477 g/mol. The van der Waals surface area contributed by atoms with Crippen molar-refractivity contribution in [3.8, 4) is 0 Å². The zero-order chi connectivity index (χ0) is 24.7. The van der Waals surface area contributed by atoms with Gasteiger partial charge in [0.25, 0.3) is 0 Å². The molecule has 5 aromatic rings. The SMILES string of the molecule is CNC(=O)[C@H](Cc1c[nH]cn1)NCC(Cc1cccc2ccccc12)Cc1cccc2ccccc12. The summed E-state index contributed by atoms with van der Waals surface area (Å²) in [7, 11) is 1.69. The van der Waals surface area contributed by atoms with Crippen LogP contribution in [0.25, 0.3) is 21.5 Å². The van der Waals surface area contributed by atoms with E-state index < -0.39 is 0 Å². The molecule has 36 heavy (non-hydrogen) atoms. The molecule has 4 aromatic carbocycles. The van der Waals surface area contributed by atoms with E-state index in [1.165, 1.54) is 32.7 Å². The number of fused-ring (bicyclic) bond motifs is 2. The van der Waals surface area contributed by atoms with Crippen LogP contribution in [0.5, 0.6) is 0 Å². The molecule has 0 spiro atoms. The van der Waals surface area contributed by atoms with Gasteiger partial charge in [-0.05, 0) is 58.0 Å². The third kappa shape index (κ3) is 5.47. The van der Waals surface area contributed by atoms with E-state index in [1.54, 1.807) is 13.4 Å². The van der Waals surface area contributed by atoms with E-state index in [2.05, 4.69) is 106 Å². The maximum atomic E-state index is 12.7. The van der Waals surface area contributed by atoms with Gasteiger partial charge in [0.15, 0.2) is 0 Å². The molecule has 0 aliphatic carbocycles. The predicted molar refractivity (Wildman–Crippen MR) is 147 cm³/mol. The molecule has 0 aliphatic rings. The molecule has 1 amide bonds. The number of hydrogen-bond donors (Lipinski definition) is 3. The van der Waals surface area contributed by atoms with Gasteiger partial charge in [0.1, 0.15) is 0 Å². The van der Waals surface area contributed by atoms with E-state index in [0.717, 1.165) is 25.1 Å². The average Bonchev–Trinajstić information content (AvgIpc) is 3.44. The first-order valence-electron chi connectivity index (χ1n) is 12.6. The quantitative estimate of drug-likeness (QED) is 0.264. The van der Waals surface area contributed by atoms with Gasteiger partial charge in [0.05, 0.1) is 18.1 Å². The van der Waals surface area contributed by atoms with Gasteiger partial charge in [0, 0.05) is 19.7 Å². The van der Waals surface area contributed by atoms with Gasteiger partial charge in [-0.1, -0.05) is 84.9 Å². The molecule has 0 bridgehead atoms. The number of aromatic amines is 1. The minimum atomic E-state index is -0.346. The summed E-state index contributed by atoms with van der Waals surface area (Å²) in [5.41, 5.74) is 3.55. The van der Waals surface area contributed by atoms with Crippen LogP contribution in [0.4, 0.5) is 0 Å². The minimum Gasteiger partial charge on any atom is -0.358 e. The van der Waals surface area contributed by atoms with Gasteiger partial charge in [-0.25, -0.2) is 4.98 Å². The Balaban J connectivity index is 1.43. The molecule has 0 saturated heterocycles. The van der Waals surface area contributed by atoms with Crippen molar-refractivity contribution < 1.29 is 4.79 Å². The van der Waals surface area contributed by atoms with Crippen LogP contribution in [0.3, 0.4) is 0 Å². The first kappa shape index (κ1) is 23.8. The Labute approximate surface area is 212 Å². The molecule has 5 heteroatoms. The van der Waals surface area contributed by atoms with E-state index in [1.807, 2.05) is 6.20 Å². The van der Waals surface area contributed by atoms with E-state index in [-0.39, 0.29) is 11.9 Å². The molecule has 182 valence electrons. The maximum absolute atomic E-state index is 12.7. The predicted octanol–water partition coefficient (Wildman–Crippen LogP) is 5.06. The molecule has 0 saturated carbocycles. The number of carbonyl (C=O) groups is 1. The molecule has 1 aromatic heterocycles. The Morgan fingerprint density at radius 2 is 1.39 bits per heavy atom. The summed E-state index contributed by atoms with van der Waals surface area (Å²) in [6, 6.07) is 29.9. The summed E-state index contributed by atoms with van der Waals surface area (Å²) in [4.78, 5) is 20.0. The Bertz CT molecular complexity index is 1350. The van der Waals surface area contributed by atoms with E-state index in [0.29, 0.717) is 12.3 Å². The third-order valence-corrected chi connectivity index (χ3v) is 6.96. The number of H-pyrrole nitrogens is 1. The molecule has 5 nitrogen and oxygen atoms in total. The molecule has 0 aliphatic heterocycles. The summed E-state index contributed by atoms with van der Waals surface area (Å²) in [6.45, 7) is 0.717. The lowest BCUT2D eigenvalue weighted by Gasteiger charge is -2.23. The van der Waals surface area contributed by atoms with Crippen LogP contribution in [0, 0.1) is 5.92 Å². The van der Waals surface area contributed by atoms with E-state index >= 15 is 0 Å². The summed E-state index contributed by atoms with van der Waals surface area (Å²) >= 11 is 0. The van der Waals surface area contributed by atoms with Crippen molar-refractivity contribution in [2.45, 2.75) is 25.3 Å². The number of hydrogen-bond acceptors (Lipinski definition) is 3. The van der Waals surface area contributed by atoms with Crippen molar-refractivity contribution >= 4 is 27.5 Å². The van der Waals surface area contributed by atoms with Gasteiger partial charge in [-0.3, -0.25) is 4.79 Å². The monoisotopic (exact) mass is 476 g/mol. The van der Waals surface area contributed by atoms with Crippen LogP contribution in [-0.2, 0) is 24.1 Å². The molecule has 0 radical (unpaired) electrons. The minimum absolute atomic E-state index is 0.0212. The smallest absolute Gasteiger partial charge is 0.237 e. The number of benzene rings is 4. The lowest BCUT2D eigenvalue weighted by molar-refractivity contribution is -0.122. The molecular formula is C31H32N4O. The standard InChI is InChI=1S/C31H32N4O/c1-32-31(36)30(18-27-20-33-21-35-27)34-19-22(16-25-12-6-10-23-8-2-4-14-28(23)25)17-26-13-7-11-24-9-3-5-15-29(24)26/h2-15,20-22,30,34H,16-19H2,1H3,(H,32,36)(H,33,35)/t30-/m0/s1. The summed E-state index contributed by atoms with van der Waals surface area (Å²) in [6.07, 6.45) is 5.88. The number of amides is 1. The van der Waals surface area contributed by atoms with Crippen molar-refractivity contribution in [2.75, 3.05) is 13.6 Å². The van der Waals surface area contributed by atoms with Crippen molar-refractivity contribution in [1.29, 1.82) is 0 Å². The molecule has 5 rings (SSSR count). The lowest BCUT2D eigenvalue weighted by atomic mass is 9.88. The molecular weight excluding hydrogens is 444 g/mol. The van der Waals surface area contributed by atoms with Crippen molar-refractivity contribution in [3.63, 3.8) is 0 Å². The summed E-state index contributed by atoms with van der Waals surface area (Å²) in [5, 5.41) is 11.5. The van der Waals surface area contributed by atoms with Crippen LogP contribution in [-0.4, -0.2) is 35.5 Å². The third-order valence-electron chi connectivity index (χ3n) is 6.96. The molecule has 3 N–H and O–H groups in total. The van der Waals surface area contributed by atoms with Crippen LogP contribution in [0.1, 0.15) is 16.8 Å². The number of imidazole rings is 1. The van der Waals surface area contributed by atoms with Gasteiger partial charge >= 0.3 is 0 Å². The second-order valence-corrected chi connectivity index (χ2v) is 9.39. The topological polar surface area (TPSA) is 69.8 Å². The molecule has 0 unspecified atom stereocenters. The van der Waals surface area contributed by atoms with Crippen LogP contribution in [0.2, 0.25) is 0 Å². The zero-order valence-electron chi connectivity index (χ0n) is 20.6. The van der Waals surface area contributed by atoms with Crippen molar-refractivity contribution in [1.82, 2.24) is 20.6 Å². The fraction of sp³-hybridized carbons (Fsp3) is 0.226. The largest absolute Gasteiger partial charge is 0.358 e. The highest BCUT2D eigenvalue weighted by atomic mass is 16.2. The summed E-state index contributed by atoms with van der Waals surface area (Å²) < 4.78 is 0. The number of carbonyl (C=O) groups excluding carboxylic acids is 1. The van der Waals surface area contributed by atoms with Crippen LogP contribution < -0.4 is 10.6 Å². The summed E-state index contributed by atoms with van der Waals surface area (Å²) in [5.74, 6) is 0.278. The van der Waals surface area contributed by atoms with Gasteiger partial charge in [-0.15, -0.1) is 0 Å². The van der Waals surface area contributed by atoms with Crippen molar-refractivity contribution in [2.24, 2.45) is 5.92 Å². The Hall–Kier alpha value is -3.96. The van der Waals surface area contributed by atoms with Gasteiger partial charge in [-0.2, -0.15) is 0 Å². The number of likely N-dealkylation sites (N-methyl/N-ethyl adjacent to an activating group) is 1. The molecule has 0 fully saturated rings. The first-order chi connectivity index (χ1) is 17.7. The number of rotatable bonds is 10. The van der Waals surface area contributed by atoms with Crippen LogP contribution >= 0.6 is 0 Å². The highest BCUT2D eigenvalue weighted by Gasteiger charge is 2.21. The molecule has 1 atom stereocenters. The normalized spacial score (nSPS) is 12.3. The Kier molecular flexibility index (Phi) is 7.39. The molecule has 1 heterocycles. The Morgan fingerprint density at radius 1 is 0.806 bits per heavy atom. The fourth-order valence-electron chi connectivity index (χ4n) is 5.13. The number of nitrogens with zero attached hydrogens (tertiary/aromatic N) is 1. The van der Waals surface area contributed by atoms with Gasteiger partial charge < -0.3 is 15.6 Å². The second-order valence-electron chi connectivity index (χ2n) is 9.39. The second kappa shape index (κ2) is 11.2. The number of nitrogens with one attached hydrogen (secondary N) is 3. The Morgan fingerprint density at radius 3 is 1.94 bits per heavy atom. The number of aromatic nitrogens is 2. The maximum Gasteiger partial charge on any atom is 0.237 e. The van der Waals surface area contributed by atoms with Gasteiger partial charge in [0.2, 0.25) is 5.91 Å². The zero-order valence-corrected chi connectivity index (χ0v) is 20.6. The fourth-order valence-corrected chi connectivity index (χ4v) is 5.13. The van der Waals surface area contributed by atoms with Crippen LogP contribution in [0.15, 0.2) is 97.5 Å². The van der Waals surface area contributed by atoms with Crippen molar-refractivity contribution in [3.05, 3.63) is 114 Å². The van der Waals surface area contributed by atoms with E-state index in [4.69, 9.17) is 0 Å². The lowest BCUT2D eigenvalue weighted by Crippen LogP contribution is -2.46. The highest BCUT2D eigenvalue weighted by molar-refractivity contribution is 5.86.